The maximum absolute atomic E-state index is 12.4. The predicted molar refractivity (Wildman–Crippen MR) is 98.5 cm³/mol. The van der Waals surface area contributed by atoms with Crippen LogP contribution in [0.1, 0.15) is 59.9 Å². The maximum Gasteiger partial charge on any atom is 0.170 e. The van der Waals surface area contributed by atoms with Crippen LogP contribution >= 0.6 is 12.2 Å². The number of hydrogen-bond donors (Lipinski definition) is 2. The lowest BCUT2D eigenvalue weighted by Crippen LogP contribution is -2.27. The van der Waals surface area contributed by atoms with E-state index >= 15 is 0 Å². The van der Waals surface area contributed by atoms with Gasteiger partial charge in [0.1, 0.15) is 10.7 Å². The lowest BCUT2D eigenvalue weighted by molar-refractivity contribution is -0.124. The maximum atomic E-state index is 12.4. The zero-order chi connectivity index (χ0) is 18.2. The summed E-state index contributed by atoms with van der Waals surface area (Å²) in [4.78, 5) is 25.1. The summed E-state index contributed by atoms with van der Waals surface area (Å²) in [5, 5.41) is 9.85. The standard InChI is InChI=1S/C19H23NO3S/c1-5-13(21)18-14(22)7-12(8-15(18)23)16-9(2)6-10(3)17(11(16)4)19(20)24/h6,12,21H,5,7-8H2,1-4H3,(H2,20,24). The summed E-state index contributed by atoms with van der Waals surface area (Å²) in [6.07, 6.45) is 0.713. The highest BCUT2D eigenvalue weighted by Crippen LogP contribution is 2.37. The summed E-state index contributed by atoms with van der Waals surface area (Å²) in [6, 6.07) is 2.00. The summed E-state index contributed by atoms with van der Waals surface area (Å²) < 4.78 is 0. The van der Waals surface area contributed by atoms with Crippen LogP contribution in [0.5, 0.6) is 0 Å². The highest BCUT2D eigenvalue weighted by atomic mass is 32.1. The van der Waals surface area contributed by atoms with E-state index in [4.69, 9.17) is 18.0 Å². The first-order chi connectivity index (χ1) is 11.2. The van der Waals surface area contributed by atoms with Crippen LogP contribution in [0.4, 0.5) is 0 Å². The predicted octanol–water partition coefficient (Wildman–Crippen LogP) is 3.48. The van der Waals surface area contributed by atoms with Crippen LogP contribution in [-0.4, -0.2) is 21.7 Å². The molecule has 0 atom stereocenters. The van der Waals surface area contributed by atoms with Crippen LogP contribution in [-0.2, 0) is 9.59 Å². The highest BCUT2D eigenvalue weighted by molar-refractivity contribution is 7.80. The SMILES string of the molecule is CCC(O)=C1C(=O)CC(c2c(C)cc(C)c(C(N)=S)c2C)CC1=O. The van der Waals surface area contributed by atoms with E-state index in [1.165, 1.54) is 0 Å². The monoisotopic (exact) mass is 345 g/mol. The molecule has 24 heavy (non-hydrogen) atoms. The molecule has 0 aliphatic heterocycles. The van der Waals surface area contributed by atoms with E-state index in [1.807, 2.05) is 26.8 Å². The number of carbonyl (C=O) groups is 2. The van der Waals surface area contributed by atoms with Crippen molar-refractivity contribution in [1.82, 2.24) is 0 Å². The molecule has 0 radical (unpaired) electrons. The van der Waals surface area contributed by atoms with Gasteiger partial charge in [-0.2, -0.15) is 0 Å². The zero-order valence-corrected chi connectivity index (χ0v) is 15.3. The number of aryl methyl sites for hydroxylation is 2. The number of nitrogens with two attached hydrogens (primary N) is 1. The van der Waals surface area contributed by atoms with Crippen LogP contribution in [0.3, 0.4) is 0 Å². The molecule has 1 aromatic rings. The Labute approximate surface area is 147 Å². The van der Waals surface area contributed by atoms with Crippen molar-refractivity contribution in [3.05, 3.63) is 45.2 Å². The number of ketones is 2. The molecular weight excluding hydrogens is 322 g/mol. The number of carbonyl (C=O) groups excluding carboxylic acids is 2. The van der Waals surface area contributed by atoms with Crippen molar-refractivity contribution in [2.45, 2.75) is 52.9 Å². The minimum absolute atomic E-state index is 0.0225. The zero-order valence-electron chi connectivity index (χ0n) is 14.5. The van der Waals surface area contributed by atoms with Gasteiger partial charge in [0, 0.05) is 24.8 Å². The molecule has 0 heterocycles. The van der Waals surface area contributed by atoms with Gasteiger partial charge in [-0.25, -0.2) is 0 Å². The van der Waals surface area contributed by atoms with Gasteiger partial charge < -0.3 is 10.8 Å². The third-order valence-corrected chi connectivity index (χ3v) is 4.93. The Balaban J connectivity index is 2.52. The molecule has 1 saturated carbocycles. The second-order valence-electron chi connectivity index (χ2n) is 6.42. The number of aliphatic hydroxyl groups excluding tert-OH is 1. The molecule has 0 unspecified atom stereocenters. The van der Waals surface area contributed by atoms with Gasteiger partial charge in [-0.3, -0.25) is 9.59 Å². The number of benzene rings is 1. The Bertz CT molecular complexity index is 757. The molecule has 1 aromatic carbocycles. The number of hydrogen-bond acceptors (Lipinski definition) is 4. The first-order valence-electron chi connectivity index (χ1n) is 8.07. The van der Waals surface area contributed by atoms with Crippen LogP contribution in [0, 0.1) is 20.8 Å². The van der Waals surface area contributed by atoms with Crippen LogP contribution in [0.15, 0.2) is 17.4 Å². The number of aliphatic hydroxyl groups is 1. The van der Waals surface area contributed by atoms with E-state index in [2.05, 4.69) is 0 Å². The fourth-order valence-electron chi connectivity index (χ4n) is 3.79. The Morgan fingerprint density at radius 1 is 1.21 bits per heavy atom. The van der Waals surface area contributed by atoms with Crippen LogP contribution in [0.25, 0.3) is 0 Å². The van der Waals surface area contributed by atoms with Gasteiger partial charge in [0.2, 0.25) is 0 Å². The molecule has 1 aliphatic rings. The van der Waals surface area contributed by atoms with Crippen molar-refractivity contribution >= 4 is 28.8 Å². The van der Waals surface area contributed by atoms with Crippen molar-refractivity contribution in [2.24, 2.45) is 5.73 Å². The third-order valence-electron chi connectivity index (χ3n) is 4.73. The van der Waals surface area contributed by atoms with E-state index in [0.717, 1.165) is 27.8 Å². The van der Waals surface area contributed by atoms with Crippen molar-refractivity contribution in [3.8, 4) is 0 Å². The Hall–Kier alpha value is -2.01. The summed E-state index contributed by atoms with van der Waals surface area (Å²) in [6.45, 7) is 7.59. The molecule has 0 saturated heterocycles. The summed E-state index contributed by atoms with van der Waals surface area (Å²) in [5.41, 5.74) is 10.6. The normalized spacial score (nSPS) is 18.0. The molecule has 5 heteroatoms. The van der Waals surface area contributed by atoms with E-state index in [-0.39, 0.29) is 48.1 Å². The molecule has 2 rings (SSSR count). The largest absolute Gasteiger partial charge is 0.511 e. The minimum atomic E-state index is -0.285. The molecule has 128 valence electrons. The van der Waals surface area contributed by atoms with Crippen molar-refractivity contribution < 1.29 is 14.7 Å². The second kappa shape index (κ2) is 6.85. The average Bonchev–Trinajstić information content (AvgIpc) is 2.45. The Kier molecular flexibility index (Phi) is 5.23. The molecular formula is C19H23NO3S. The number of Topliss-reactive ketones (excluding diaryl/α,β-unsaturated/α-hetero) is 2. The first-order valence-corrected chi connectivity index (χ1v) is 8.48. The van der Waals surface area contributed by atoms with Gasteiger partial charge in [0.05, 0.1) is 5.57 Å². The minimum Gasteiger partial charge on any atom is -0.511 e. The molecule has 1 aliphatic carbocycles. The van der Waals surface area contributed by atoms with Gasteiger partial charge >= 0.3 is 0 Å². The molecule has 0 spiro atoms. The molecule has 4 nitrogen and oxygen atoms in total. The smallest absolute Gasteiger partial charge is 0.170 e. The number of rotatable bonds is 3. The summed E-state index contributed by atoms with van der Waals surface area (Å²) >= 11 is 5.16. The number of allylic oxidation sites excluding steroid dienone is 2. The van der Waals surface area contributed by atoms with Gasteiger partial charge in [-0.05, 0) is 48.9 Å². The van der Waals surface area contributed by atoms with Crippen LogP contribution < -0.4 is 5.73 Å². The molecule has 3 N–H and O–H groups in total. The quantitative estimate of drug-likeness (QED) is 0.379. The Morgan fingerprint density at radius 2 is 1.75 bits per heavy atom. The fourth-order valence-corrected chi connectivity index (χ4v) is 4.10. The van der Waals surface area contributed by atoms with Crippen LogP contribution in [0.2, 0.25) is 0 Å². The van der Waals surface area contributed by atoms with Gasteiger partial charge in [0.25, 0.3) is 0 Å². The second-order valence-corrected chi connectivity index (χ2v) is 6.85. The van der Waals surface area contributed by atoms with E-state index < -0.39 is 0 Å². The topological polar surface area (TPSA) is 80.4 Å². The summed E-state index contributed by atoms with van der Waals surface area (Å²) in [5.74, 6) is -0.879. The van der Waals surface area contributed by atoms with Crippen molar-refractivity contribution in [2.75, 3.05) is 0 Å². The third kappa shape index (κ3) is 3.13. The first kappa shape index (κ1) is 18.3. The van der Waals surface area contributed by atoms with E-state index in [0.29, 0.717) is 4.99 Å². The lowest BCUT2D eigenvalue weighted by atomic mass is 9.75. The molecule has 0 amide bonds. The highest BCUT2D eigenvalue weighted by Gasteiger charge is 2.35. The fraction of sp³-hybridized carbons (Fsp3) is 0.421. The number of thiocarbonyl (C=S) groups is 1. The van der Waals surface area contributed by atoms with Gasteiger partial charge in [0.15, 0.2) is 11.6 Å². The molecule has 1 fully saturated rings. The van der Waals surface area contributed by atoms with Gasteiger partial charge in [-0.15, -0.1) is 0 Å². The van der Waals surface area contributed by atoms with Gasteiger partial charge in [-0.1, -0.05) is 25.2 Å². The van der Waals surface area contributed by atoms with Crippen molar-refractivity contribution in [1.29, 1.82) is 0 Å². The molecule has 0 aromatic heterocycles. The van der Waals surface area contributed by atoms with E-state index in [1.54, 1.807) is 6.92 Å². The Morgan fingerprint density at radius 3 is 2.21 bits per heavy atom. The average molecular weight is 345 g/mol. The van der Waals surface area contributed by atoms with E-state index in [9.17, 15) is 14.7 Å². The summed E-state index contributed by atoms with van der Waals surface area (Å²) in [7, 11) is 0. The van der Waals surface area contributed by atoms with Crippen molar-refractivity contribution in [3.63, 3.8) is 0 Å². The lowest BCUT2D eigenvalue weighted by Gasteiger charge is -2.27. The molecule has 0 bridgehead atoms.